The molecule has 0 aliphatic rings. The highest BCUT2D eigenvalue weighted by Gasteiger charge is 2.02. The van der Waals surface area contributed by atoms with Crippen LogP contribution in [0.1, 0.15) is 5.82 Å². The number of aromatic nitrogens is 2. The van der Waals surface area contributed by atoms with Crippen LogP contribution in [-0.4, -0.2) is 23.2 Å². The molecule has 0 aliphatic carbocycles. The van der Waals surface area contributed by atoms with E-state index in [1.165, 1.54) is 0 Å². The average Bonchev–Trinajstić information content (AvgIpc) is 2.77. The molecule has 0 saturated carbocycles. The van der Waals surface area contributed by atoms with Gasteiger partial charge in [-0.1, -0.05) is 11.6 Å². The van der Waals surface area contributed by atoms with Gasteiger partial charge in [-0.2, -0.15) is 0 Å². The molecule has 0 saturated heterocycles. The maximum absolute atomic E-state index is 5.97. The van der Waals surface area contributed by atoms with Gasteiger partial charge in [0.2, 0.25) is 0 Å². The minimum absolute atomic E-state index is 0.619. The van der Waals surface area contributed by atoms with Crippen molar-refractivity contribution in [3.63, 3.8) is 0 Å². The van der Waals surface area contributed by atoms with Gasteiger partial charge < -0.3 is 14.6 Å². The fraction of sp³-hybridized carbons (Fsp3) is 0.308. The van der Waals surface area contributed by atoms with E-state index in [0.29, 0.717) is 10.8 Å². The van der Waals surface area contributed by atoms with Crippen LogP contribution in [0.2, 0.25) is 5.02 Å². The largest absolute Gasteiger partial charge is 0.495 e. The highest BCUT2D eigenvalue weighted by atomic mass is 35.5. The number of imidazole rings is 1. The topological polar surface area (TPSA) is 39.1 Å². The summed E-state index contributed by atoms with van der Waals surface area (Å²) in [4.78, 5) is 4.18. The quantitative estimate of drug-likeness (QED) is 0.903. The fourth-order valence-corrected chi connectivity index (χ4v) is 1.93. The van der Waals surface area contributed by atoms with Crippen molar-refractivity contribution < 1.29 is 4.74 Å². The van der Waals surface area contributed by atoms with Crippen LogP contribution >= 0.6 is 11.6 Å². The lowest BCUT2D eigenvalue weighted by Crippen LogP contribution is -2.11. The Balaban J connectivity index is 1.92. The van der Waals surface area contributed by atoms with Crippen LogP contribution in [0.25, 0.3) is 0 Å². The van der Waals surface area contributed by atoms with Crippen molar-refractivity contribution in [1.29, 1.82) is 0 Å². The van der Waals surface area contributed by atoms with E-state index < -0.39 is 0 Å². The Morgan fingerprint density at radius 3 is 2.94 bits per heavy atom. The number of anilines is 1. The number of benzene rings is 1. The normalized spacial score (nSPS) is 10.4. The summed E-state index contributed by atoms with van der Waals surface area (Å²) in [6, 6.07) is 5.65. The van der Waals surface area contributed by atoms with Crippen molar-refractivity contribution in [3.8, 4) is 5.75 Å². The Bertz CT molecular complexity index is 525. The predicted molar refractivity (Wildman–Crippen MR) is 73.5 cm³/mol. The molecule has 0 aliphatic heterocycles. The van der Waals surface area contributed by atoms with E-state index in [-0.39, 0.29) is 0 Å². The van der Waals surface area contributed by atoms with Gasteiger partial charge in [0.15, 0.2) is 0 Å². The molecule has 0 fully saturated rings. The van der Waals surface area contributed by atoms with Gasteiger partial charge in [0.1, 0.15) is 11.6 Å². The number of rotatable bonds is 5. The molecular weight excluding hydrogens is 250 g/mol. The highest BCUT2D eigenvalue weighted by molar-refractivity contribution is 6.32. The summed E-state index contributed by atoms with van der Waals surface area (Å²) in [7, 11) is 1.61. The van der Waals surface area contributed by atoms with E-state index >= 15 is 0 Å². The van der Waals surface area contributed by atoms with Crippen LogP contribution < -0.4 is 10.1 Å². The first-order valence-electron chi connectivity index (χ1n) is 5.76. The van der Waals surface area contributed by atoms with Gasteiger partial charge in [0.05, 0.1) is 12.1 Å². The second-order valence-electron chi connectivity index (χ2n) is 3.94. The highest BCUT2D eigenvalue weighted by Crippen LogP contribution is 2.27. The first-order chi connectivity index (χ1) is 8.70. The number of hydrogen-bond donors (Lipinski definition) is 1. The maximum Gasteiger partial charge on any atom is 0.139 e. The molecular formula is C13H16ClN3O. The molecule has 1 N–H and O–H groups in total. The molecule has 1 aromatic carbocycles. The first-order valence-corrected chi connectivity index (χ1v) is 6.13. The standard InChI is InChI=1S/C13H16ClN3O/c1-10-15-5-7-17(10)8-6-16-11-3-4-12(14)13(9-11)18-2/h3-5,7,9,16H,6,8H2,1-2H3. The molecule has 2 aromatic rings. The van der Waals surface area contributed by atoms with Gasteiger partial charge in [-0.15, -0.1) is 0 Å². The molecule has 0 bridgehead atoms. The van der Waals surface area contributed by atoms with Crippen LogP contribution in [0.15, 0.2) is 30.6 Å². The third kappa shape index (κ3) is 2.96. The van der Waals surface area contributed by atoms with E-state index in [4.69, 9.17) is 16.3 Å². The lowest BCUT2D eigenvalue weighted by atomic mass is 10.3. The summed E-state index contributed by atoms with van der Waals surface area (Å²) in [6.07, 6.45) is 3.78. The number of halogens is 1. The van der Waals surface area contributed by atoms with E-state index in [9.17, 15) is 0 Å². The summed E-state index contributed by atoms with van der Waals surface area (Å²) in [6.45, 7) is 3.68. The smallest absolute Gasteiger partial charge is 0.139 e. The molecule has 5 heteroatoms. The van der Waals surface area contributed by atoms with Crippen molar-refractivity contribution in [1.82, 2.24) is 9.55 Å². The molecule has 2 rings (SSSR count). The van der Waals surface area contributed by atoms with Crippen molar-refractivity contribution in [2.75, 3.05) is 19.0 Å². The number of nitrogens with one attached hydrogen (secondary N) is 1. The van der Waals surface area contributed by atoms with Crippen LogP contribution in [0.5, 0.6) is 5.75 Å². The molecule has 96 valence electrons. The average molecular weight is 266 g/mol. The summed E-state index contributed by atoms with van der Waals surface area (Å²) in [5.41, 5.74) is 0.994. The van der Waals surface area contributed by atoms with Crippen LogP contribution in [0, 0.1) is 6.92 Å². The van der Waals surface area contributed by atoms with E-state index in [1.54, 1.807) is 13.3 Å². The van der Waals surface area contributed by atoms with Crippen LogP contribution in [0.3, 0.4) is 0 Å². The molecule has 0 amide bonds. The van der Waals surface area contributed by atoms with Gasteiger partial charge in [0, 0.05) is 37.2 Å². The lowest BCUT2D eigenvalue weighted by molar-refractivity contribution is 0.415. The second kappa shape index (κ2) is 5.78. The lowest BCUT2D eigenvalue weighted by Gasteiger charge is -2.10. The zero-order chi connectivity index (χ0) is 13.0. The third-order valence-electron chi connectivity index (χ3n) is 2.76. The summed E-state index contributed by atoms with van der Waals surface area (Å²) < 4.78 is 7.27. The first kappa shape index (κ1) is 12.8. The Labute approximate surface area is 112 Å². The summed E-state index contributed by atoms with van der Waals surface area (Å²) in [5, 5.41) is 3.94. The van der Waals surface area contributed by atoms with Crippen LogP contribution in [-0.2, 0) is 6.54 Å². The van der Waals surface area contributed by atoms with Gasteiger partial charge in [-0.05, 0) is 19.1 Å². The van der Waals surface area contributed by atoms with Crippen molar-refractivity contribution >= 4 is 17.3 Å². The second-order valence-corrected chi connectivity index (χ2v) is 4.35. The maximum atomic E-state index is 5.97. The Kier molecular flexibility index (Phi) is 4.10. The van der Waals surface area contributed by atoms with Gasteiger partial charge in [-0.25, -0.2) is 4.98 Å². The van der Waals surface area contributed by atoms with Gasteiger partial charge in [0.25, 0.3) is 0 Å². The minimum Gasteiger partial charge on any atom is -0.495 e. The fourth-order valence-electron chi connectivity index (χ4n) is 1.73. The van der Waals surface area contributed by atoms with E-state index in [1.807, 2.05) is 31.3 Å². The van der Waals surface area contributed by atoms with E-state index in [0.717, 1.165) is 24.6 Å². The number of aryl methyl sites for hydroxylation is 1. The van der Waals surface area contributed by atoms with Gasteiger partial charge in [-0.3, -0.25) is 0 Å². The molecule has 4 nitrogen and oxygen atoms in total. The SMILES string of the molecule is COc1cc(NCCn2ccnc2C)ccc1Cl. The molecule has 0 spiro atoms. The Hall–Kier alpha value is -1.68. The number of methoxy groups -OCH3 is 1. The third-order valence-corrected chi connectivity index (χ3v) is 3.07. The van der Waals surface area contributed by atoms with E-state index in [2.05, 4.69) is 14.9 Å². The summed E-state index contributed by atoms with van der Waals surface area (Å²) in [5.74, 6) is 1.70. The van der Waals surface area contributed by atoms with Crippen molar-refractivity contribution in [3.05, 3.63) is 41.4 Å². The zero-order valence-corrected chi connectivity index (χ0v) is 11.2. The molecule has 1 aromatic heterocycles. The minimum atomic E-state index is 0.619. The molecule has 18 heavy (non-hydrogen) atoms. The predicted octanol–water partition coefficient (Wildman–Crippen LogP) is 2.97. The van der Waals surface area contributed by atoms with Gasteiger partial charge >= 0.3 is 0 Å². The zero-order valence-electron chi connectivity index (χ0n) is 10.5. The molecule has 0 unspecified atom stereocenters. The monoisotopic (exact) mass is 265 g/mol. The number of nitrogens with zero attached hydrogens (tertiary/aromatic N) is 2. The van der Waals surface area contributed by atoms with Crippen molar-refractivity contribution in [2.45, 2.75) is 13.5 Å². The van der Waals surface area contributed by atoms with Crippen LogP contribution in [0.4, 0.5) is 5.69 Å². The molecule has 0 atom stereocenters. The summed E-state index contributed by atoms with van der Waals surface area (Å²) >= 11 is 5.97. The molecule has 1 heterocycles. The Morgan fingerprint density at radius 1 is 1.44 bits per heavy atom. The Morgan fingerprint density at radius 2 is 2.28 bits per heavy atom. The number of hydrogen-bond acceptors (Lipinski definition) is 3. The molecule has 0 radical (unpaired) electrons. The number of ether oxygens (including phenoxy) is 1. The van der Waals surface area contributed by atoms with Crippen molar-refractivity contribution in [2.24, 2.45) is 0 Å².